The molecule has 0 radical (unpaired) electrons. The van der Waals surface area contributed by atoms with Crippen molar-refractivity contribution in [2.24, 2.45) is 0 Å². The zero-order valence-electron chi connectivity index (χ0n) is 14.6. The second-order valence-corrected chi connectivity index (χ2v) is 8.98. The van der Waals surface area contributed by atoms with Gasteiger partial charge in [0, 0.05) is 11.3 Å². The molecule has 1 amide bonds. The van der Waals surface area contributed by atoms with Gasteiger partial charge in [-0.3, -0.25) is 4.79 Å². The molecule has 1 saturated carbocycles. The fourth-order valence-corrected chi connectivity index (χ4v) is 5.31. The highest BCUT2D eigenvalue weighted by molar-refractivity contribution is 7.92. The maximum Gasteiger partial charge on any atom is 0.255 e. The molecule has 0 heterocycles. The molecule has 0 atom stereocenters. The Bertz CT molecular complexity index is 897. The van der Waals surface area contributed by atoms with Gasteiger partial charge in [0.2, 0.25) is 0 Å². The van der Waals surface area contributed by atoms with Gasteiger partial charge in [0.05, 0.1) is 10.1 Å². The standard InChI is InChI=1S/C20H23NO3S/c1-14-10-11-19(15(2)12-14)20(22)21-16-6-5-9-18(13-16)25(23,24)17-7-3-4-8-17/h5-6,9-13,17H,3-4,7-8H2,1-2H3,(H,21,22). The van der Waals surface area contributed by atoms with Crippen molar-refractivity contribution < 1.29 is 13.2 Å². The van der Waals surface area contributed by atoms with Crippen molar-refractivity contribution in [1.29, 1.82) is 0 Å². The summed E-state index contributed by atoms with van der Waals surface area (Å²) in [5.41, 5.74) is 3.09. The molecule has 1 aliphatic rings. The summed E-state index contributed by atoms with van der Waals surface area (Å²) in [6, 6.07) is 12.2. The van der Waals surface area contributed by atoms with Crippen molar-refractivity contribution in [3.63, 3.8) is 0 Å². The number of aryl methyl sites for hydroxylation is 2. The average Bonchev–Trinajstić information content (AvgIpc) is 3.10. The largest absolute Gasteiger partial charge is 0.322 e. The van der Waals surface area contributed by atoms with Gasteiger partial charge in [-0.25, -0.2) is 8.42 Å². The molecule has 0 spiro atoms. The highest BCUT2D eigenvalue weighted by Crippen LogP contribution is 2.30. The molecule has 4 nitrogen and oxygen atoms in total. The Morgan fingerprint density at radius 1 is 1.04 bits per heavy atom. The summed E-state index contributed by atoms with van der Waals surface area (Å²) < 4.78 is 25.4. The SMILES string of the molecule is Cc1ccc(C(=O)Nc2cccc(S(=O)(=O)C3CCCC3)c2)c(C)c1. The Hall–Kier alpha value is -2.14. The van der Waals surface area contributed by atoms with E-state index < -0.39 is 9.84 Å². The van der Waals surface area contributed by atoms with Crippen LogP contribution in [0.4, 0.5) is 5.69 Å². The Kier molecular flexibility index (Phi) is 4.95. The van der Waals surface area contributed by atoms with Gasteiger partial charge in [-0.1, -0.05) is 36.6 Å². The molecule has 1 aliphatic carbocycles. The number of amides is 1. The smallest absolute Gasteiger partial charge is 0.255 e. The second kappa shape index (κ2) is 7.00. The quantitative estimate of drug-likeness (QED) is 0.889. The highest BCUT2D eigenvalue weighted by Gasteiger charge is 2.30. The fourth-order valence-electron chi connectivity index (χ4n) is 3.41. The molecule has 2 aromatic rings. The van der Waals surface area contributed by atoms with E-state index in [0.717, 1.165) is 36.8 Å². The molecular formula is C20H23NO3S. The van der Waals surface area contributed by atoms with Crippen LogP contribution in [0.15, 0.2) is 47.4 Å². The third-order valence-electron chi connectivity index (χ3n) is 4.79. The van der Waals surface area contributed by atoms with Gasteiger partial charge < -0.3 is 5.32 Å². The molecule has 25 heavy (non-hydrogen) atoms. The minimum Gasteiger partial charge on any atom is -0.322 e. The van der Waals surface area contributed by atoms with E-state index >= 15 is 0 Å². The molecule has 3 rings (SSSR count). The molecule has 1 fully saturated rings. The molecular weight excluding hydrogens is 334 g/mol. The van der Waals surface area contributed by atoms with Crippen LogP contribution in [-0.4, -0.2) is 19.6 Å². The lowest BCUT2D eigenvalue weighted by Gasteiger charge is -2.13. The lowest BCUT2D eigenvalue weighted by molar-refractivity contribution is 0.102. The van der Waals surface area contributed by atoms with Crippen LogP contribution < -0.4 is 5.32 Å². The Morgan fingerprint density at radius 3 is 2.44 bits per heavy atom. The van der Waals surface area contributed by atoms with E-state index in [9.17, 15) is 13.2 Å². The third kappa shape index (κ3) is 3.76. The Labute approximate surface area is 149 Å². The minimum absolute atomic E-state index is 0.229. The van der Waals surface area contributed by atoms with Crippen molar-refractivity contribution in [1.82, 2.24) is 0 Å². The maximum atomic E-state index is 12.7. The van der Waals surface area contributed by atoms with Crippen LogP contribution in [0.3, 0.4) is 0 Å². The van der Waals surface area contributed by atoms with E-state index in [1.54, 1.807) is 30.3 Å². The number of benzene rings is 2. The minimum atomic E-state index is -3.33. The normalized spacial score (nSPS) is 15.3. The predicted octanol–water partition coefficient (Wildman–Crippen LogP) is 4.27. The lowest BCUT2D eigenvalue weighted by Crippen LogP contribution is -2.18. The number of hydrogen-bond acceptors (Lipinski definition) is 3. The molecule has 5 heteroatoms. The van der Waals surface area contributed by atoms with Gasteiger partial charge in [-0.2, -0.15) is 0 Å². The van der Waals surface area contributed by atoms with Crippen molar-refractivity contribution in [2.45, 2.75) is 49.7 Å². The molecule has 0 saturated heterocycles. The summed E-state index contributed by atoms with van der Waals surface area (Å²) in [6.07, 6.45) is 3.38. The van der Waals surface area contributed by atoms with Crippen LogP contribution in [0.5, 0.6) is 0 Å². The zero-order valence-corrected chi connectivity index (χ0v) is 15.4. The van der Waals surface area contributed by atoms with Crippen molar-refractivity contribution in [3.05, 3.63) is 59.2 Å². The molecule has 2 aromatic carbocycles. The second-order valence-electron chi connectivity index (χ2n) is 6.75. The first-order valence-electron chi connectivity index (χ1n) is 8.60. The number of sulfone groups is 1. The number of carbonyl (C=O) groups excluding carboxylic acids is 1. The average molecular weight is 357 g/mol. The van der Waals surface area contributed by atoms with Crippen LogP contribution in [0, 0.1) is 13.8 Å². The molecule has 1 N–H and O–H groups in total. The summed E-state index contributed by atoms with van der Waals surface area (Å²) >= 11 is 0. The fraction of sp³-hybridized carbons (Fsp3) is 0.350. The van der Waals surface area contributed by atoms with Gasteiger partial charge in [-0.05, 0) is 56.5 Å². The molecule has 132 valence electrons. The van der Waals surface area contributed by atoms with Gasteiger partial charge in [0.1, 0.15) is 0 Å². The molecule has 0 bridgehead atoms. The van der Waals surface area contributed by atoms with E-state index in [0.29, 0.717) is 11.3 Å². The molecule has 0 unspecified atom stereocenters. The van der Waals surface area contributed by atoms with Crippen molar-refractivity contribution in [2.75, 3.05) is 5.32 Å². The zero-order chi connectivity index (χ0) is 18.0. The van der Waals surface area contributed by atoms with E-state index in [1.165, 1.54) is 0 Å². The number of carbonyl (C=O) groups is 1. The first-order chi connectivity index (χ1) is 11.9. The van der Waals surface area contributed by atoms with Crippen LogP contribution in [0.2, 0.25) is 0 Å². The van der Waals surface area contributed by atoms with Gasteiger partial charge in [-0.15, -0.1) is 0 Å². The van der Waals surface area contributed by atoms with Gasteiger partial charge >= 0.3 is 0 Å². The molecule has 0 aromatic heterocycles. The Balaban J connectivity index is 1.83. The predicted molar refractivity (Wildman–Crippen MR) is 99.8 cm³/mol. The Morgan fingerprint density at radius 2 is 1.76 bits per heavy atom. The topological polar surface area (TPSA) is 63.2 Å². The van der Waals surface area contributed by atoms with E-state index in [4.69, 9.17) is 0 Å². The van der Waals surface area contributed by atoms with E-state index in [1.807, 2.05) is 26.0 Å². The number of nitrogens with one attached hydrogen (secondary N) is 1. The van der Waals surface area contributed by atoms with E-state index in [-0.39, 0.29) is 16.1 Å². The number of hydrogen-bond donors (Lipinski definition) is 1. The summed E-state index contributed by atoms with van der Waals surface area (Å²) in [4.78, 5) is 12.8. The van der Waals surface area contributed by atoms with Crippen LogP contribution in [0.25, 0.3) is 0 Å². The van der Waals surface area contributed by atoms with Crippen molar-refractivity contribution >= 4 is 21.4 Å². The van der Waals surface area contributed by atoms with Gasteiger partial charge in [0.25, 0.3) is 5.91 Å². The summed E-state index contributed by atoms with van der Waals surface area (Å²) in [6.45, 7) is 3.87. The highest BCUT2D eigenvalue weighted by atomic mass is 32.2. The molecule has 0 aliphatic heterocycles. The lowest BCUT2D eigenvalue weighted by atomic mass is 10.1. The van der Waals surface area contributed by atoms with Crippen LogP contribution >= 0.6 is 0 Å². The number of rotatable bonds is 4. The van der Waals surface area contributed by atoms with E-state index in [2.05, 4.69) is 5.32 Å². The summed E-state index contributed by atoms with van der Waals surface area (Å²) in [5, 5.41) is 2.52. The number of anilines is 1. The summed E-state index contributed by atoms with van der Waals surface area (Å²) in [5.74, 6) is -0.229. The maximum absolute atomic E-state index is 12.7. The van der Waals surface area contributed by atoms with Gasteiger partial charge in [0.15, 0.2) is 9.84 Å². The third-order valence-corrected chi connectivity index (χ3v) is 7.05. The first kappa shape index (κ1) is 17.7. The summed E-state index contributed by atoms with van der Waals surface area (Å²) in [7, 11) is -3.33. The van der Waals surface area contributed by atoms with Crippen LogP contribution in [-0.2, 0) is 9.84 Å². The van der Waals surface area contributed by atoms with Crippen molar-refractivity contribution in [3.8, 4) is 0 Å². The monoisotopic (exact) mass is 357 g/mol. The first-order valence-corrected chi connectivity index (χ1v) is 10.1. The van der Waals surface area contributed by atoms with Crippen LogP contribution in [0.1, 0.15) is 47.2 Å².